The summed E-state index contributed by atoms with van der Waals surface area (Å²) in [6.07, 6.45) is 5.07. The van der Waals surface area contributed by atoms with E-state index in [0.717, 1.165) is 48.7 Å². The van der Waals surface area contributed by atoms with Gasteiger partial charge >= 0.3 is 0 Å². The van der Waals surface area contributed by atoms with Crippen molar-refractivity contribution < 1.29 is 9.53 Å². The molecule has 0 aliphatic carbocycles. The second-order valence-electron chi connectivity index (χ2n) is 6.96. The van der Waals surface area contributed by atoms with Crippen molar-refractivity contribution in [3.05, 3.63) is 42.4 Å². The molecule has 0 spiro atoms. The summed E-state index contributed by atoms with van der Waals surface area (Å²) in [6.45, 7) is 2.17. The molecular formula is C20H27N5O2. The summed E-state index contributed by atoms with van der Waals surface area (Å²) < 4.78 is 5.23. The van der Waals surface area contributed by atoms with Crippen LogP contribution in [0.25, 0.3) is 0 Å². The van der Waals surface area contributed by atoms with Gasteiger partial charge in [-0.25, -0.2) is 9.97 Å². The van der Waals surface area contributed by atoms with Crippen molar-refractivity contribution in [3.8, 4) is 5.75 Å². The molecule has 1 aromatic carbocycles. The van der Waals surface area contributed by atoms with E-state index in [9.17, 15) is 4.79 Å². The van der Waals surface area contributed by atoms with Crippen molar-refractivity contribution in [3.63, 3.8) is 0 Å². The van der Waals surface area contributed by atoms with E-state index in [4.69, 9.17) is 4.74 Å². The molecule has 3 rings (SSSR count). The summed E-state index contributed by atoms with van der Waals surface area (Å²) in [5, 5.41) is 3.06. The van der Waals surface area contributed by atoms with Gasteiger partial charge in [0.1, 0.15) is 12.1 Å². The van der Waals surface area contributed by atoms with Crippen molar-refractivity contribution in [1.29, 1.82) is 0 Å². The molecule has 144 valence electrons. The largest absolute Gasteiger partial charge is 0.497 e. The summed E-state index contributed by atoms with van der Waals surface area (Å²) in [6, 6.07) is 7.77. The Kier molecular flexibility index (Phi) is 6.11. The Morgan fingerprint density at radius 2 is 2.11 bits per heavy atom. The molecule has 0 saturated carbocycles. The van der Waals surface area contributed by atoms with Gasteiger partial charge in [0.2, 0.25) is 5.91 Å². The third kappa shape index (κ3) is 4.67. The van der Waals surface area contributed by atoms with E-state index >= 15 is 0 Å². The number of nitrogens with zero attached hydrogens (tertiary/aromatic N) is 4. The number of carbonyl (C=O) groups is 1. The van der Waals surface area contributed by atoms with Crippen LogP contribution in [0, 0.1) is 5.92 Å². The molecule has 2 heterocycles. The first-order chi connectivity index (χ1) is 13.1. The first kappa shape index (κ1) is 18.9. The highest BCUT2D eigenvalue weighted by molar-refractivity contribution is 5.79. The predicted molar refractivity (Wildman–Crippen MR) is 106 cm³/mol. The third-order valence-corrected chi connectivity index (χ3v) is 4.90. The number of piperidine rings is 1. The third-order valence-electron chi connectivity index (χ3n) is 4.90. The number of amides is 1. The lowest BCUT2D eigenvalue weighted by atomic mass is 9.95. The molecule has 1 aromatic heterocycles. The van der Waals surface area contributed by atoms with Gasteiger partial charge in [-0.15, -0.1) is 0 Å². The smallest absolute Gasteiger partial charge is 0.223 e. The number of nitrogens with one attached hydrogen (secondary N) is 1. The number of hydrogen-bond acceptors (Lipinski definition) is 6. The highest BCUT2D eigenvalue weighted by Gasteiger charge is 2.26. The van der Waals surface area contributed by atoms with Crippen molar-refractivity contribution in [2.45, 2.75) is 19.4 Å². The second kappa shape index (κ2) is 8.70. The molecule has 1 N–H and O–H groups in total. The number of methoxy groups -OCH3 is 1. The SMILES string of the molecule is COc1cccc(CNC(=O)C2CCN(c3cncnc3N(C)C)CC2)c1. The minimum absolute atomic E-state index is 0.0410. The zero-order chi connectivity index (χ0) is 19.2. The Balaban J connectivity index is 1.53. The number of hydrogen-bond donors (Lipinski definition) is 1. The van der Waals surface area contributed by atoms with Crippen molar-refractivity contribution in [1.82, 2.24) is 15.3 Å². The van der Waals surface area contributed by atoms with Crippen LogP contribution in [-0.2, 0) is 11.3 Å². The van der Waals surface area contributed by atoms with Gasteiger partial charge in [0.05, 0.1) is 19.0 Å². The topological polar surface area (TPSA) is 70.6 Å². The standard InChI is InChI=1S/C20H27N5O2/c1-24(2)19-18(13-21-14-23-19)25-9-7-16(8-10-25)20(26)22-12-15-5-4-6-17(11-15)27-3/h4-6,11,13-14,16H,7-10,12H2,1-3H3,(H,22,26). The average Bonchev–Trinajstić information content (AvgIpc) is 2.72. The highest BCUT2D eigenvalue weighted by Crippen LogP contribution is 2.29. The molecule has 1 saturated heterocycles. The molecule has 7 heteroatoms. The number of anilines is 2. The Bertz CT molecular complexity index is 772. The lowest BCUT2D eigenvalue weighted by molar-refractivity contribution is -0.125. The quantitative estimate of drug-likeness (QED) is 0.841. The summed E-state index contributed by atoms with van der Waals surface area (Å²) in [7, 11) is 5.60. The predicted octanol–water partition coefficient (Wildman–Crippen LogP) is 2.08. The minimum atomic E-state index is 0.0410. The molecule has 0 radical (unpaired) electrons. The Morgan fingerprint density at radius 1 is 1.33 bits per heavy atom. The van der Waals surface area contributed by atoms with Gasteiger partial charge in [-0.1, -0.05) is 12.1 Å². The van der Waals surface area contributed by atoms with E-state index in [1.165, 1.54) is 0 Å². The van der Waals surface area contributed by atoms with Crippen molar-refractivity contribution >= 4 is 17.4 Å². The van der Waals surface area contributed by atoms with E-state index in [1.54, 1.807) is 13.4 Å². The van der Waals surface area contributed by atoms with Crippen LogP contribution < -0.4 is 19.9 Å². The Morgan fingerprint density at radius 3 is 2.81 bits per heavy atom. The number of ether oxygens (including phenoxy) is 1. The molecule has 1 aliphatic rings. The van der Waals surface area contributed by atoms with E-state index < -0.39 is 0 Å². The van der Waals surface area contributed by atoms with Crippen molar-refractivity contribution in [2.75, 3.05) is 44.1 Å². The maximum Gasteiger partial charge on any atom is 0.223 e. The molecule has 27 heavy (non-hydrogen) atoms. The van der Waals surface area contributed by atoms with Crippen LogP contribution in [0.4, 0.5) is 11.5 Å². The second-order valence-corrected chi connectivity index (χ2v) is 6.96. The molecule has 0 bridgehead atoms. The van der Waals surface area contributed by atoms with Gasteiger partial charge in [0.15, 0.2) is 5.82 Å². The van der Waals surface area contributed by atoms with Crippen LogP contribution in [0.3, 0.4) is 0 Å². The first-order valence-corrected chi connectivity index (χ1v) is 9.21. The maximum atomic E-state index is 12.6. The number of carbonyl (C=O) groups excluding carboxylic acids is 1. The monoisotopic (exact) mass is 369 g/mol. The lowest BCUT2D eigenvalue weighted by Crippen LogP contribution is -2.41. The molecule has 7 nitrogen and oxygen atoms in total. The van der Waals surface area contributed by atoms with Gasteiger partial charge in [-0.2, -0.15) is 0 Å². The Labute approximate surface area is 160 Å². The molecule has 1 fully saturated rings. The van der Waals surface area contributed by atoms with Crippen LogP contribution in [0.5, 0.6) is 5.75 Å². The van der Waals surface area contributed by atoms with E-state index in [1.807, 2.05) is 49.5 Å². The molecule has 0 atom stereocenters. The van der Waals surface area contributed by atoms with Gasteiger partial charge in [0.25, 0.3) is 0 Å². The molecule has 2 aromatic rings. The normalized spacial score (nSPS) is 14.7. The van der Waals surface area contributed by atoms with Gasteiger partial charge in [-0.3, -0.25) is 4.79 Å². The zero-order valence-corrected chi connectivity index (χ0v) is 16.2. The summed E-state index contributed by atoms with van der Waals surface area (Å²) >= 11 is 0. The fraction of sp³-hybridized carbons (Fsp3) is 0.450. The van der Waals surface area contributed by atoms with Gasteiger partial charge in [-0.05, 0) is 30.5 Å². The van der Waals surface area contributed by atoms with Gasteiger partial charge in [0, 0.05) is 39.6 Å². The maximum absolute atomic E-state index is 12.6. The fourth-order valence-corrected chi connectivity index (χ4v) is 3.38. The van der Waals surface area contributed by atoms with E-state index in [-0.39, 0.29) is 11.8 Å². The van der Waals surface area contributed by atoms with Gasteiger partial charge < -0.3 is 19.9 Å². The van der Waals surface area contributed by atoms with Crippen LogP contribution in [0.2, 0.25) is 0 Å². The first-order valence-electron chi connectivity index (χ1n) is 9.21. The summed E-state index contributed by atoms with van der Waals surface area (Å²) in [5.74, 6) is 1.87. The average molecular weight is 369 g/mol. The highest BCUT2D eigenvalue weighted by atomic mass is 16.5. The van der Waals surface area contributed by atoms with E-state index in [2.05, 4.69) is 20.2 Å². The van der Waals surface area contributed by atoms with Crippen LogP contribution >= 0.6 is 0 Å². The lowest BCUT2D eigenvalue weighted by Gasteiger charge is -2.34. The molecule has 1 amide bonds. The molecule has 1 aliphatic heterocycles. The molecular weight excluding hydrogens is 342 g/mol. The Hall–Kier alpha value is -2.83. The number of rotatable bonds is 6. The van der Waals surface area contributed by atoms with Crippen LogP contribution in [0.15, 0.2) is 36.8 Å². The minimum Gasteiger partial charge on any atom is -0.497 e. The van der Waals surface area contributed by atoms with Crippen LogP contribution in [-0.4, -0.2) is 50.2 Å². The zero-order valence-electron chi connectivity index (χ0n) is 16.2. The van der Waals surface area contributed by atoms with Crippen molar-refractivity contribution in [2.24, 2.45) is 5.92 Å². The summed E-state index contributed by atoms with van der Waals surface area (Å²) in [5.41, 5.74) is 2.06. The summed E-state index contributed by atoms with van der Waals surface area (Å²) in [4.78, 5) is 25.3. The fourth-order valence-electron chi connectivity index (χ4n) is 3.38. The molecule has 0 unspecified atom stereocenters. The number of benzene rings is 1. The van der Waals surface area contributed by atoms with E-state index in [0.29, 0.717) is 6.54 Å². The number of aromatic nitrogens is 2. The van der Waals surface area contributed by atoms with Crippen LogP contribution in [0.1, 0.15) is 18.4 Å².